The van der Waals surface area contributed by atoms with Crippen molar-refractivity contribution in [2.24, 2.45) is 7.05 Å². The second-order valence-electron chi connectivity index (χ2n) is 7.22. The van der Waals surface area contributed by atoms with Crippen molar-refractivity contribution in [2.75, 3.05) is 25.1 Å². The van der Waals surface area contributed by atoms with Crippen LogP contribution in [-0.4, -0.2) is 46.0 Å². The van der Waals surface area contributed by atoms with Gasteiger partial charge in [-0.1, -0.05) is 30.3 Å². The van der Waals surface area contributed by atoms with Crippen molar-refractivity contribution in [1.29, 1.82) is 0 Å². The Balaban J connectivity index is 1.64. The molecule has 5 rings (SSSR count). The van der Waals surface area contributed by atoms with Crippen molar-refractivity contribution in [1.82, 2.24) is 25.1 Å². The number of methoxy groups -OCH3 is 1. The normalized spacial score (nSPS) is 13.6. The van der Waals surface area contributed by atoms with Crippen LogP contribution in [0.4, 0.5) is 10.5 Å². The molecule has 1 aliphatic heterocycles. The summed E-state index contributed by atoms with van der Waals surface area (Å²) in [7, 11) is 3.30. The fourth-order valence-electron chi connectivity index (χ4n) is 3.84. The number of hydrogen-bond acceptors (Lipinski definition) is 5. The van der Waals surface area contributed by atoms with Crippen LogP contribution in [0.1, 0.15) is 0 Å². The van der Waals surface area contributed by atoms with Gasteiger partial charge < -0.3 is 15.0 Å². The van der Waals surface area contributed by atoms with Crippen LogP contribution < -0.4 is 20.5 Å². The summed E-state index contributed by atoms with van der Waals surface area (Å²) in [5.41, 5.74) is 2.96. The van der Waals surface area contributed by atoms with Crippen molar-refractivity contribution in [3.05, 3.63) is 58.9 Å². The van der Waals surface area contributed by atoms with Crippen LogP contribution in [0.25, 0.3) is 33.7 Å². The number of H-pyrrole nitrogens is 1. The van der Waals surface area contributed by atoms with Gasteiger partial charge in [-0.2, -0.15) is 5.10 Å². The lowest BCUT2D eigenvalue weighted by Gasteiger charge is -2.17. The number of carbonyl (C=O) groups excluding carboxylic acids is 1. The van der Waals surface area contributed by atoms with Gasteiger partial charge in [-0.25, -0.2) is 14.5 Å². The lowest BCUT2D eigenvalue weighted by atomic mass is 10.1. The number of aromatic nitrogens is 4. The molecule has 3 heterocycles. The van der Waals surface area contributed by atoms with Gasteiger partial charge in [0.25, 0.3) is 5.56 Å². The van der Waals surface area contributed by atoms with Gasteiger partial charge in [0, 0.05) is 37.5 Å². The van der Waals surface area contributed by atoms with E-state index in [2.05, 4.69) is 20.4 Å². The zero-order chi connectivity index (χ0) is 21.5. The minimum Gasteiger partial charge on any atom is -0.496 e. The van der Waals surface area contributed by atoms with Crippen LogP contribution >= 0.6 is 0 Å². The molecule has 31 heavy (non-hydrogen) atoms. The Morgan fingerprint density at radius 1 is 1.10 bits per heavy atom. The summed E-state index contributed by atoms with van der Waals surface area (Å²) in [6.07, 6.45) is 0. The van der Waals surface area contributed by atoms with E-state index in [0.29, 0.717) is 52.6 Å². The van der Waals surface area contributed by atoms with Gasteiger partial charge in [0.1, 0.15) is 22.7 Å². The highest BCUT2D eigenvalue weighted by Gasteiger charge is 2.23. The van der Waals surface area contributed by atoms with Crippen LogP contribution in [-0.2, 0) is 7.05 Å². The number of urea groups is 1. The third-order valence-electron chi connectivity index (χ3n) is 5.35. The SMILES string of the molecule is COc1cc(N2CCNC2=O)ccc1-c1nc2c(c(-c3ccccc3)nn2C)c(=O)[nH]1. The molecule has 9 heteroatoms. The summed E-state index contributed by atoms with van der Waals surface area (Å²) < 4.78 is 7.15. The quantitative estimate of drug-likeness (QED) is 0.532. The molecule has 4 aromatic rings. The molecule has 0 saturated carbocycles. The minimum absolute atomic E-state index is 0.147. The van der Waals surface area contributed by atoms with E-state index in [9.17, 15) is 9.59 Å². The molecule has 0 atom stereocenters. The highest BCUT2D eigenvalue weighted by molar-refractivity contribution is 5.95. The van der Waals surface area contributed by atoms with E-state index >= 15 is 0 Å². The van der Waals surface area contributed by atoms with E-state index in [-0.39, 0.29) is 11.6 Å². The second-order valence-corrected chi connectivity index (χ2v) is 7.22. The number of amides is 2. The fourth-order valence-corrected chi connectivity index (χ4v) is 3.84. The van der Waals surface area contributed by atoms with Crippen molar-refractivity contribution < 1.29 is 9.53 Å². The number of fused-ring (bicyclic) bond motifs is 1. The minimum atomic E-state index is -0.281. The van der Waals surface area contributed by atoms with Gasteiger partial charge >= 0.3 is 6.03 Å². The molecule has 1 saturated heterocycles. The predicted molar refractivity (Wildman–Crippen MR) is 117 cm³/mol. The number of carbonyl (C=O) groups is 1. The molecular weight excluding hydrogens is 396 g/mol. The molecule has 2 aromatic carbocycles. The summed E-state index contributed by atoms with van der Waals surface area (Å²) in [6.45, 7) is 1.18. The van der Waals surface area contributed by atoms with E-state index in [0.717, 1.165) is 5.56 Å². The summed E-state index contributed by atoms with van der Waals surface area (Å²) in [5, 5.41) is 7.74. The molecule has 1 fully saturated rings. The molecule has 2 N–H and O–H groups in total. The van der Waals surface area contributed by atoms with Crippen LogP contribution in [0.15, 0.2) is 53.3 Å². The number of rotatable bonds is 4. The maximum Gasteiger partial charge on any atom is 0.321 e. The summed E-state index contributed by atoms with van der Waals surface area (Å²) in [4.78, 5) is 34.2. The highest BCUT2D eigenvalue weighted by Crippen LogP contribution is 2.33. The highest BCUT2D eigenvalue weighted by atomic mass is 16.5. The molecule has 0 spiro atoms. The van der Waals surface area contributed by atoms with Gasteiger partial charge in [0.15, 0.2) is 5.65 Å². The molecule has 156 valence electrons. The van der Waals surface area contributed by atoms with Crippen LogP contribution in [0.2, 0.25) is 0 Å². The van der Waals surface area contributed by atoms with E-state index < -0.39 is 0 Å². The Morgan fingerprint density at radius 3 is 2.61 bits per heavy atom. The topological polar surface area (TPSA) is 105 Å². The number of aromatic amines is 1. The lowest BCUT2D eigenvalue weighted by molar-refractivity contribution is 0.252. The molecule has 1 aliphatic rings. The largest absolute Gasteiger partial charge is 0.496 e. The molecular formula is C22H20N6O3. The smallest absolute Gasteiger partial charge is 0.321 e. The van der Waals surface area contributed by atoms with Crippen LogP contribution in [0.3, 0.4) is 0 Å². The molecule has 2 aromatic heterocycles. The second kappa shape index (κ2) is 7.28. The number of hydrogen-bond donors (Lipinski definition) is 2. The first-order chi connectivity index (χ1) is 15.1. The van der Waals surface area contributed by atoms with Crippen LogP contribution in [0, 0.1) is 0 Å². The summed E-state index contributed by atoms with van der Waals surface area (Å²) in [5.74, 6) is 0.875. The van der Waals surface area contributed by atoms with Crippen molar-refractivity contribution in [2.45, 2.75) is 0 Å². The molecule has 9 nitrogen and oxygen atoms in total. The Bertz CT molecular complexity index is 1360. The van der Waals surface area contributed by atoms with Gasteiger partial charge in [-0.15, -0.1) is 0 Å². The van der Waals surface area contributed by atoms with E-state index in [4.69, 9.17) is 4.74 Å². The number of nitrogens with one attached hydrogen (secondary N) is 2. The van der Waals surface area contributed by atoms with Gasteiger partial charge in [0.05, 0.1) is 12.7 Å². The molecule has 0 radical (unpaired) electrons. The van der Waals surface area contributed by atoms with Gasteiger partial charge in [-0.3, -0.25) is 9.69 Å². The van der Waals surface area contributed by atoms with Crippen molar-refractivity contribution >= 4 is 22.8 Å². The van der Waals surface area contributed by atoms with Crippen molar-refractivity contribution in [3.63, 3.8) is 0 Å². The van der Waals surface area contributed by atoms with Crippen LogP contribution in [0.5, 0.6) is 5.75 Å². The summed E-state index contributed by atoms with van der Waals surface area (Å²) >= 11 is 0. The Kier molecular flexibility index (Phi) is 4.43. The molecule has 0 unspecified atom stereocenters. The average Bonchev–Trinajstić information content (AvgIpc) is 3.37. The fraction of sp³-hybridized carbons (Fsp3) is 0.182. The number of nitrogens with zero attached hydrogens (tertiary/aromatic N) is 4. The van der Waals surface area contributed by atoms with E-state index in [1.165, 1.54) is 0 Å². The zero-order valence-corrected chi connectivity index (χ0v) is 17.0. The zero-order valence-electron chi connectivity index (χ0n) is 17.0. The Morgan fingerprint density at radius 2 is 1.90 bits per heavy atom. The van der Waals surface area contributed by atoms with Gasteiger partial charge in [-0.05, 0) is 12.1 Å². The third kappa shape index (κ3) is 3.10. The van der Waals surface area contributed by atoms with E-state index in [1.54, 1.807) is 35.9 Å². The van der Waals surface area contributed by atoms with E-state index in [1.807, 2.05) is 36.4 Å². The maximum absolute atomic E-state index is 13.0. The Labute approximate surface area is 177 Å². The molecule has 2 amide bonds. The third-order valence-corrected chi connectivity index (χ3v) is 5.35. The molecule has 0 aliphatic carbocycles. The predicted octanol–water partition coefficient (Wildman–Crippen LogP) is 2.53. The summed E-state index contributed by atoms with van der Waals surface area (Å²) in [6, 6.07) is 14.8. The van der Waals surface area contributed by atoms with Gasteiger partial charge in [0.2, 0.25) is 0 Å². The lowest BCUT2D eigenvalue weighted by Crippen LogP contribution is -2.27. The number of anilines is 1. The number of benzene rings is 2. The Hall–Kier alpha value is -4.14. The maximum atomic E-state index is 13.0. The standard InChI is InChI=1S/C22H20N6O3/c1-27-20-17(18(26-27)13-6-4-3-5-7-13)21(29)25-19(24-20)15-9-8-14(12-16(15)31-2)28-11-10-23-22(28)30/h3-9,12H,10-11H2,1-2H3,(H,23,30)(H,24,25,29). The average molecular weight is 416 g/mol. The monoisotopic (exact) mass is 416 g/mol. The number of ether oxygens (including phenoxy) is 1. The van der Waals surface area contributed by atoms with Crippen molar-refractivity contribution in [3.8, 4) is 28.4 Å². The number of aryl methyl sites for hydroxylation is 1. The first-order valence-electron chi connectivity index (χ1n) is 9.83. The first kappa shape index (κ1) is 18.9. The molecule has 0 bridgehead atoms. The first-order valence-corrected chi connectivity index (χ1v) is 9.83.